The summed E-state index contributed by atoms with van der Waals surface area (Å²) in [6, 6.07) is 10.3. The highest BCUT2D eigenvalue weighted by Gasteiger charge is 2.23. The Morgan fingerprint density at radius 2 is 1.59 bits per heavy atom. The third kappa shape index (κ3) is 4.88. The quantitative estimate of drug-likeness (QED) is 0.698. The molecular formula is C23H27N3O6. The molecule has 1 saturated heterocycles. The van der Waals surface area contributed by atoms with Gasteiger partial charge in [-0.05, 0) is 30.3 Å². The summed E-state index contributed by atoms with van der Waals surface area (Å²) in [5, 5.41) is 2.94. The second-order valence-electron chi connectivity index (χ2n) is 7.56. The average Bonchev–Trinajstić information content (AvgIpc) is 3.31. The van der Waals surface area contributed by atoms with Crippen molar-refractivity contribution in [3.63, 3.8) is 0 Å². The SMILES string of the molecule is COc1cc(OC)cc(C(=O)N2CCN(CCNC(=O)c3ccc4c(c3)OCO4)CC2)c1. The maximum atomic E-state index is 12.9. The van der Waals surface area contributed by atoms with E-state index in [1.165, 1.54) is 0 Å². The van der Waals surface area contributed by atoms with E-state index >= 15 is 0 Å². The third-order valence-electron chi connectivity index (χ3n) is 5.61. The Hall–Kier alpha value is -3.46. The molecular weight excluding hydrogens is 414 g/mol. The molecule has 0 saturated carbocycles. The van der Waals surface area contributed by atoms with Crippen LogP contribution in [0, 0.1) is 0 Å². The number of rotatable bonds is 7. The highest BCUT2D eigenvalue weighted by atomic mass is 16.7. The lowest BCUT2D eigenvalue weighted by molar-refractivity contribution is 0.0637. The first-order valence-electron chi connectivity index (χ1n) is 10.5. The van der Waals surface area contributed by atoms with E-state index in [1.807, 2.05) is 4.90 Å². The molecule has 1 N–H and O–H groups in total. The summed E-state index contributed by atoms with van der Waals surface area (Å²) in [5.74, 6) is 2.23. The molecule has 0 atom stereocenters. The fraction of sp³-hybridized carbons (Fsp3) is 0.391. The standard InChI is InChI=1S/C23H27N3O6/c1-29-18-11-17(12-19(14-18)30-2)23(28)26-9-7-25(8-10-26)6-5-24-22(27)16-3-4-20-21(13-16)32-15-31-20/h3-4,11-14H,5-10,15H2,1-2H3,(H,24,27). The molecule has 2 aliphatic rings. The van der Waals surface area contributed by atoms with Gasteiger partial charge in [-0.2, -0.15) is 0 Å². The van der Waals surface area contributed by atoms with Gasteiger partial charge in [0, 0.05) is 56.5 Å². The first kappa shape index (κ1) is 21.8. The van der Waals surface area contributed by atoms with E-state index in [9.17, 15) is 9.59 Å². The van der Waals surface area contributed by atoms with Crippen molar-refractivity contribution in [2.24, 2.45) is 0 Å². The van der Waals surface area contributed by atoms with E-state index in [1.54, 1.807) is 50.6 Å². The Morgan fingerprint density at radius 3 is 2.28 bits per heavy atom. The van der Waals surface area contributed by atoms with Gasteiger partial charge in [-0.1, -0.05) is 0 Å². The molecule has 0 aromatic heterocycles. The summed E-state index contributed by atoms with van der Waals surface area (Å²) in [6.45, 7) is 4.14. The molecule has 4 rings (SSSR count). The molecule has 2 amide bonds. The molecule has 2 heterocycles. The van der Waals surface area contributed by atoms with E-state index in [2.05, 4.69) is 10.2 Å². The minimum absolute atomic E-state index is 0.0436. The van der Waals surface area contributed by atoms with Crippen LogP contribution in [0.5, 0.6) is 23.0 Å². The summed E-state index contributed by atoms with van der Waals surface area (Å²) < 4.78 is 21.1. The van der Waals surface area contributed by atoms with Crippen LogP contribution in [0.2, 0.25) is 0 Å². The molecule has 1 fully saturated rings. The zero-order valence-corrected chi connectivity index (χ0v) is 18.3. The van der Waals surface area contributed by atoms with Gasteiger partial charge >= 0.3 is 0 Å². The van der Waals surface area contributed by atoms with Gasteiger partial charge in [0.2, 0.25) is 6.79 Å². The Labute approximate surface area is 186 Å². The Balaban J connectivity index is 1.24. The van der Waals surface area contributed by atoms with Crippen molar-refractivity contribution in [3.8, 4) is 23.0 Å². The number of fused-ring (bicyclic) bond motifs is 1. The van der Waals surface area contributed by atoms with Crippen molar-refractivity contribution in [1.29, 1.82) is 0 Å². The van der Waals surface area contributed by atoms with Gasteiger partial charge in [0.05, 0.1) is 14.2 Å². The maximum absolute atomic E-state index is 12.9. The zero-order valence-electron chi connectivity index (χ0n) is 18.3. The van der Waals surface area contributed by atoms with E-state index in [4.69, 9.17) is 18.9 Å². The minimum Gasteiger partial charge on any atom is -0.497 e. The summed E-state index contributed by atoms with van der Waals surface area (Å²) in [5.41, 5.74) is 1.09. The predicted octanol–water partition coefficient (Wildman–Crippen LogP) is 1.62. The molecule has 9 nitrogen and oxygen atoms in total. The van der Waals surface area contributed by atoms with Crippen molar-refractivity contribution in [3.05, 3.63) is 47.5 Å². The summed E-state index contributed by atoms with van der Waals surface area (Å²) in [7, 11) is 3.13. The first-order valence-corrected chi connectivity index (χ1v) is 10.5. The van der Waals surface area contributed by atoms with Gasteiger partial charge in [-0.3, -0.25) is 14.5 Å². The Bertz CT molecular complexity index is 965. The largest absolute Gasteiger partial charge is 0.497 e. The highest BCUT2D eigenvalue weighted by Crippen LogP contribution is 2.32. The average molecular weight is 441 g/mol. The minimum atomic E-state index is -0.149. The highest BCUT2D eigenvalue weighted by molar-refractivity contribution is 5.95. The number of ether oxygens (including phenoxy) is 4. The summed E-state index contributed by atoms with van der Waals surface area (Å²) in [6.07, 6.45) is 0. The number of nitrogens with one attached hydrogen (secondary N) is 1. The van der Waals surface area contributed by atoms with Crippen LogP contribution >= 0.6 is 0 Å². The van der Waals surface area contributed by atoms with Gasteiger partial charge in [-0.25, -0.2) is 0 Å². The lowest BCUT2D eigenvalue weighted by Gasteiger charge is -2.34. The fourth-order valence-corrected chi connectivity index (χ4v) is 3.76. The smallest absolute Gasteiger partial charge is 0.254 e. The van der Waals surface area contributed by atoms with Crippen molar-refractivity contribution in [2.45, 2.75) is 0 Å². The molecule has 2 aromatic rings. The van der Waals surface area contributed by atoms with E-state index in [0.717, 1.165) is 13.1 Å². The number of carbonyl (C=O) groups is 2. The Morgan fingerprint density at radius 1 is 0.906 bits per heavy atom. The number of amides is 2. The number of nitrogens with zero attached hydrogens (tertiary/aromatic N) is 2. The molecule has 0 spiro atoms. The lowest BCUT2D eigenvalue weighted by Crippen LogP contribution is -2.50. The number of benzene rings is 2. The van der Waals surface area contributed by atoms with Crippen LogP contribution in [0.4, 0.5) is 0 Å². The molecule has 0 radical (unpaired) electrons. The third-order valence-corrected chi connectivity index (χ3v) is 5.61. The van der Waals surface area contributed by atoms with Crippen molar-refractivity contribution < 1.29 is 28.5 Å². The normalized spacial score (nSPS) is 15.4. The van der Waals surface area contributed by atoms with Crippen molar-refractivity contribution in [1.82, 2.24) is 15.1 Å². The molecule has 32 heavy (non-hydrogen) atoms. The van der Waals surface area contributed by atoms with Crippen molar-refractivity contribution in [2.75, 3.05) is 60.3 Å². The van der Waals surface area contributed by atoms with Crippen LogP contribution in [0.15, 0.2) is 36.4 Å². The van der Waals surface area contributed by atoms with Gasteiger partial charge in [0.15, 0.2) is 11.5 Å². The van der Waals surface area contributed by atoms with E-state index in [-0.39, 0.29) is 18.6 Å². The number of hydrogen-bond donors (Lipinski definition) is 1. The van der Waals surface area contributed by atoms with Gasteiger partial charge in [-0.15, -0.1) is 0 Å². The van der Waals surface area contributed by atoms with Crippen LogP contribution in [-0.4, -0.2) is 81.9 Å². The number of hydrogen-bond acceptors (Lipinski definition) is 7. The van der Waals surface area contributed by atoms with Crippen LogP contribution < -0.4 is 24.3 Å². The number of piperazine rings is 1. The van der Waals surface area contributed by atoms with Crippen LogP contribution in [0.1, 0.15) is 20.7 Å². The topological polar surface area (TPSA) is 89.6 Å². The monoisotopic (exact) mass is 441 g/mol. The summed E-state index contributed by atoms with van der Waals surface area (Å²) >= 11 is 0. The van der Waals surface area contributed by atoms with Crippen molar-refractivity contribution >= 4 is 11.8 Å². The fourth-order valence-electron chi connectivity index (χ4n) is 3.76. The molecule has 2 aromatic carbocycles. The van der Waals surface area contributed by atoms with E-state index in [0.29, 0.717) is 60.3 Å². The number of carbonyl (C=O) groups excluding carboxylic acids is 2. The summed E-state index contributed by atoms with van der Waals surface area (Å²) in [4.78, 5) is 29.4. The molecule has 0 aliphatic carbocycles. The van der Waals surface area contributed by atoms with Crippen LogP contribution in [0.3, 0.4) is 0 Å². The molecule has 2 aliphatic heterocycles. The lowest BCUT2D eigenvalue weighted by atomic mass is 10.1. The predicted molar refractivity (Wildman–Crippen MR) is 117 cm³/mol. The second-order valence-corrected chi connectivity index (χ2v) is 7.56. The van der Waals surface area contributed by atoms with Gasteiger partial charge < -0.3 is 29.2 Å². The number of methoxy groups -OCH3 is 2. The van der Waals surface area contributed by atoms with E-state index < -0.39 is 0 Å². The molecule has 170 valence electrons. The molecule has 0 bridgehead atoms. The molecule has 9 heteroatoms. The van der Waals surface area contributed by atoms with Gasteiger partial charge in [0.1, 0.15) is 11.5 Å². The Kier molecular flexibility index (Phi) is 6.65. The van der Waals surface area contributed by atoms with Crippen LogP contribution in [-0.2, 0) is 0 Å². The zero-order chi connectivity index (χ0) is 22.5. The first-order chi connectivity index (χ1) is 15.6. The van der Waals surface area contributed by atoms with Crippen LogP contribution in [0.25, 0.3) is 0 Å². The second kappa shape index (κ2) is 9.78. The van der Waals surface area contributed by atoms with Gasteiger partial charge in [0.25, 0.3) is 11.8 Å². The maximum Gasteiger partial charge on any atom is 0.254 e. The molecule has 0 unspecified atom stereocenters.